The summed E-state index contributed by atoms with van der Waals surface area (Å²) in [6, 6.07) is 11.2. The molecule has 0 unspecified atom stereocenters. The number of nitrogens with one attached hydrogen (secondary N) is 1. The van der Waals surface area contributed by atoms with Crippen molar-refractivity contribution in [2.75, 3.05) is 12.4 Å². The highest BCUT2D eigenvalue weighted by Crippen LogP contribution is 2.28. The standard InChI is InChI=1S/C19H17BrFN3O3/c1-26-16-10-7-13(20)11-15(16)22-17(25)3-2-4-18-23-19(24-27-18)12-5-8-14(21)9-6-12/h5-11H,2-4H2,1H3,(H,22,25). The first-order chi connectivity index (χ1) is 13.0. The lowest BCUT2D eigenvalue weighted by atomic mass is 10.2. The van der Waals surface area contributed by atoms with Crippen molar-refractivity contribution in [1.29, 1.82) is 0 Å². The molecule has 1 amide bonds. The van der Waals surface area contributed by atoms with Crippen LogP contribution in [0, 0.1) is 5.82 Å². The van der Waals surface area contributed by atoms with Gasteiger partial charge in [0.25, 0.3) is 0 Å². The van der Waals surface area contributed by atoms with E-state index < -0.39 is 0 Å². The fourth-order valence-corrected chi connectivity index (χ4v) is 2.82. The Bertz CT molecular complexity index is 928. The van der Waals surface area contributed by atoms with Gasteiger partial charge in [-0.15, -0.1) is 0 Å². The number of halogens is 2. The van der Waals surface area contributed by atoms with Crippen LogP contribution >= 0.6 is 15.9 Å². The van der Waals surface area contributed by atoms with Gasteiger partial charge in [-0.3, -0.25) is 4.79 Å². The van der Waals surface area contributed by atoms with E-state index in [1.54, 1.807) is 31.4 Å². The third-order valence-electron chi connectivity index (χ3n) is 3.80. The monoisotopic (exact) mass is 433 g/mol. The number of aromatic nitrogens is 2. The zero-order valence-corrected chi connectivity index (χ0v) is 16.1. The Hall–Kier alpha value is -2.74. The second kappa shape index (κ2) is 8.77. The van der Waals surface area contributed by atoms with Gasteiger partial charge in [-0.25, -0.2) is 4.39 Å². The van der Waals surface area contributed by atoms with Gasteiger partial charge in [-0.2, -0.15) is 4.98 Å². The van der Waals surface area contributed by atoms with Crippen LogP contribution in [-0.2, 0) is 11.2 Å². The first kappa shape index (κ1) is 19.0. The maximum absolute atomic E-state index is 13.0. The Balaban J connectivity index is 1.52. The van der Waals surface area contributed by atoms with Crippen LogP contribution in [0.5, 0.6) is 5.75 Å². The number of nitrogens with zero attached hydrogens (tertiary/aromatic N) is 2. The van der Waals surface area contributed by atoms with Crippen LogP contribution in [0.2, 0.25) is 0 Å². The topological polar surface area (TPSA) is 77.2 Å². The molecule has 0 saturated carbocycles. The molecule has 0 bridgehead atoms. The number of carbonyl (C=O) groups excluding carboxylic acids is 1. The van der Waals surface area contributed by atoms with Crippen molar-refractivity contribution in [2.45, 2.75) is 19.3 Å². The minimum Gasteiger partial charge on any atom is -0.495 e. The number of aryl methyl sites for hydroxylation is 1. The Morgan fingerprint density at radius 1 is 1.26 bits per heavy atom. The van der Waals surface area contributed by atoms with Gasteiger partial charge >= 0.3 is 0 Å². The summed E-state index contributed by atoms with van der Waals surface area (Å²) in [5, 5.41) is 6.71. The maximum atomic E-state index is 13.0. The maximum Gasteiger partial charge on any atom is 0.226 e. The lowest BCUT2D eigenvalue weighted by Crippen LogP contribution is -2.12. The molecule has 2 aromatic carbocycles. The molecule has 3 aromatic rings. The van der Waals surface area contributed by atoms with Crippen molar-refractivity contribution in [3.63, 3.8) is 0 Å². The quantitative estimate of drug-likeness (QED) is 0.588. The zero-order chi connectivity index (χ0) is 19.2. The van der Waals surface area contributed by atoms with E-state index in [0.717, 1.165) is 4.47 Å². The molecule has 0 aliphatic rings. The second-order valence-electron chi connectivity index (χ2n) is 5.76. The van der Waals surface area contributed by atoms with E-state index >= 15 is 0 Å². The van der Waals surface area contributed by atoms with Crippen molar-refractivity contribution < 1.29 is 18.4 Å². The Labute approximate surface area is 163 Å². The van der Waals surface area contributed by atoms with Crippen molar-refractivity contribution in [3.05, 3.63) is 58.6 Å². The van der Waals surface area contributed by atoms with Gasteiger partial charge in [0.1, 0.15) is 11.6 Å². The van der Waals surface area contributed by atoms with Crippen LogP contribution in [0.3, 0.4) is 0 Å². The van der Waals surface area contributed by atoms with Crippen molar-refractivity contribution in [2.24, 2.45) is 0 Å². The first-order valence-corrected chi connectivity index (χ1v) is 9.06. The summed E-state index contributed by atoms with van der Waals surface area (Å²) < 4.78 is 24.2. The minimum absolute atomic E-state index is 0.135. The lowest BCUT2D eigenvalue weighted by Gasteiger charge is -2.10. The van der Waals surface area contributed by atoms with E-state index in [1.807, 2.05) is 6.07 Å². The SMILES string of the molecule is COc1ccc(Br)cc1NC(=O)CCCc1nc(-c2ccc(F)cc2)no1. The molecule has 6 nitrogen and oxygen atoms in total. The predicted octanol–water partition coefficient (Wildman–Crippen LogP) is 4.61. The Kier molecular flexibility index (Phi) is 6.18. The van der Waals surface area contributed by atoms with Crippen LogP contribution in [0.15, 0.2) is 51.5 Å². The van der Waals surface area contributed by atoms with Crippen LogP contribution < -0.4 is 10.1 Å². The number of rotatable bonds is 7. The number of carbonyl (C=O) groups is 1. The molecule has 0 fully saturated rings. The average Bonchev–Trinajstić information content (AvgIpc) is 3.11. The number of hydrogen-bond acceptors (Lipinski definition) is 5. The van der Waals surface area contributed by atoms with Gasteiger partial charge in [-0.1, -0.05) is 21.1 Å². The number of ether oxygens (including phenoxy) is 1. The Morgan fingerprint density at radius 3 is 2.78 bits per heavy atom. The zero-order valence-electron chi connectivity index (χ0n) is 14.5. The highest BCUT2D eigenvalue weighted by Gasteiger charge is 2.11. The minimum atomic E-state index is -0.324. The fraction of sp³-hybridized carbons (Fsp3) is 0.211. The number of anilines is 1. The number of hydrogen-bond donors (Lipinski definition) is 1. The number of benzene rings is 2. The first-order valence-electron chi connectivity index (χ1n) is 8.27. The molecule has 27 heavy (non-hydrogen) atoms. The van der Waals surface area contributed by atoms with Gasteiger partial charge in [-0.05, 0) is 48.9 Å². The van der Waals surface area contributed by atoms with Crippen LogP contribution in [0.25, 0.3) is 11.4 Å². The van der Waals surface area contributed by atoms with E-state index in [2.05, 4.69) is 31.4 Å². The molecule has 0 radical (unpaired) electrons. The molecule has 1 N–H and O–H groups in total. The lowest BCUT2D eigenvalue weighted by molar-refractivity contribution is -0.116. The summed E-state index contributed by atoms with van der Waals surface area (Å²) >= 11 is 3.37. The summed E-state index contributed by atoms with van der Waals surface area (Å²) in [6.45, 7) is 0. The summed E-state index contributed by atoms with van der Waals surface area (Å²) in [5.41, 5.74) is 1.28. The summed E-state index contributed by atoms with van der Waals surface area (Å²) in [6.07, 6.45) is 1.31. The molecule has 3 rings (SSSR count). The molecular formula is C19H17BrFN3O3. The third kappa shape index (κ3) is 5.13. The van der Waals surface area contributed by atoms with E-state index in [0.29, 0.717) is 48.0 Å². The summed E-state index contributed by atoms with van der Waals surface area (Å²) in [5.74, 6) is 0.961. The molecule has 140 valence electrons. The van der Waals surface area contributed by atoms with Crippen LogP contribution in [0.4, 0.5) is 10.1 Å². The fourth-order valence-electron chi connectivity index (χ4n) is 2.46. The van der Waals surface area contributed by atoms with Gasteiger partial charge in [0.15, 0.2) is 0 Å². The molecular weight excluding hydrogens is 417 g/mol. The molecule has 0 aliphatic heterocycles. The van der Waals surface area contributed by atoms with E-state index in [1.165, 1.54) is 12.1 Å². The number of amides is 1. The van der Waals surface area contributed by atoms with Gasteiger partial charge < -0.3 is 14.6 Å². The van der Waals surface area contributed by atoms with Gasteiger partial charge in [0, 0.05) is 22.9 Å². The molecule has 1 aromatic heterocycles. The highest BCUT2D eigenvalue weighted by atomic mass is 79.9. The molecule has 8 heteroatoms. The van der Waals surface area contributed by atoms with Gasteiger partial charge in [0.2, 0.25) is 17.6 Å². The van der Waals surface area contributed by atoms with E-state index in [4.69, 9.17) is 9.26 Å². The Morgan fingerprint density at radius 2 is 2.04 bits per heavy atom. The average molecular weight is 434 g/mol. The third-order valence-corrected chi connectivity index (χ3v) is 4.29. The summed E-state index contributed by atoms with van der Waals surface area (Å²) in [7, 11) is 1.55. The molecule has 0 saturated heterocycles. The molecule has 0 atom stereocenters. The van der Waals surface area contributed by atoms with E-state index in [-0.39, 0.29) is 11.7 Å². The van der Waals surface area contributed by atoms with E-state index in [9.17, 15) is 9.18 Å². The largest absolute Gasteiger partial charge is 0.495 e. The molecule has 1 heterocycles. The molecule has 0 aliphatic carbocycles. The normalized spacial score (nSPS) is 10.6. The highest BCUT2D eigenvalue weighted by molar-refractivity contribution is 9.10. The van der Waals surface area contributed by atoms with Crippen LogP contribution in [-0.4, -0.2) is 23.2 Å². The molecule has 0 spiro atoms. The van der Waals surface area contributed by atoms with Crippen molar-refractivity contribution in [1.82, 2.24) is 10.1 Å². The van der Waals surface area contributed by atoms with Crippen LogP contribution in [0.1, 0.15) is 18.7 Å². The van der Waals surface area contributed by atoms with Crippen molar-refractivity contribution in [3.8, 4) is 17.1 Å². The summed E-state index contributed by atoms with van der Waals surface area (Å²) in [4.78, 5) is 16.4. The predicted molar refractivity (Wildman–Crippen MR) is 102 cm³/mol. The van der Waals surface area contributed by atoms with Crippen molar-refractivity contribution >= 4 is 27.5 Å². The van der Waals surface area contributed by atoms with Gasteiger partial charge in [0.05, 0.1) is 12.8 Å². The number of methoxy groups -OCH3 is 1. The smallest absolute Gasteiger partial charge is 0.226 e. The second-order valence-corrected chi connectivity index (χ2v) is 6.68.